The average Bonchev–Trinajstić information content (AvgIpc) is 2.72. The molecule has 1 aromatic rings. The van der Waals surface area contributed by atoms with E-state index < -0.39 is 14.9 Å². The van der Waals surface area contributed by atoms with Gasteiger partial charge in [-0.1, -0.05) is 12.8 Å². The molecule has 120 valence electrons. The van der Waals surface area contributed by atoms with Gasteiger partial charge in [0.05, 0.1) is 9.82 Å². The Morgan fingerprint density at radius 1 is 1.18 bits per heavy atom. The summed E-state index contributed by atoms with van der Waals surface area (Å²) in [5, 5.41) is 20.3. The minimum Gasteiger partial charge on any atom is -0.272 e. The summed E-state index contributed by atoms with van der Waals surface area (Å²) in [5.41, 5.74) is 3.43. The molecule has 0 spiro atoms. The predicted octanol–water partition coefficient (Wildman–Crippen LogP) is 2.36. The van der Waals surface area contributed by atoms with Crippen molar-refractivity contribution < 1.29 is 13.3 Å². The van der Waals surface area contributed by atoms with Crippen molar-refractivity contribution in [2.24, 2.45) is 10.2 Å². The number of primary sulfonamides is 1. The van der Waals surface area contributed by atoms with Crippen molar-refractivity contribution in [2.45, 2.75) is 43.4 Å². The van der Waals surface area contributed by atoms with Crippen molar-refractivity contribution in [3.8, 4) is 0 Å². The van der Waals surface area contributed by atoms with Gasteiger partial charge in [0.2, 0.25) is 10.0 Å². The highest BCUT2D eigenvalue weighted by atomic mass is 32.2. The van der Waals surface area contributed by atoms with E-state index in [2.05, 4.69) is 10.5 Å². The molecule has 0 heterocycles. The second-order valence-electron chi connectivity index (χ2n) is 5.19. The van der Waals surface area contributed by atoms with Gasteiger partial charge in [-0.2, -0.15) is 5.10 Å². The van der Waals surface area contributed by atoms with Gasteiger partial charge in [0.25, 0.3) is 5.69 Å². The molecule has 1 fully saturated rings. The maximum atomic E-state index is 11.3. The van der Waals surface area contributed by atoms with Crippen molar-refractivity contribution in [1.82, 2.24) is 0 Å². The minimum atomic E-state index is -3.98. The van der Waals surface area contributed by atoms with E-state index in [-0.39, 0.29) is 16.3 Å². The minimum absolute atomic E-state index is 0.147. The third-order valence-corrected chi connectivity index (χ3v) is 4.42. The van der Waals surface area contributed by atoms with Gasteiger partial charge in [-0.3, -0.25) is 15.5 Å². The maximum absolute atomic E-state index is 11.3. The third kappa shape index (κ3) is 4.25. The Hall–Kier alpha value is -2.00. The van der Waals surface area contributed by atoms with Gasteiger partial charge in [-0.15, -0.1) is 0 Å². The molecule has 3 N–H and O–H groups in total. The Labute approximate surface area is 128 Å². The van der Waals surface area contributed by atoms with Crippen molar-refractivity contribution in [3.63, 3.8) is 0 Å². The molecule has 1 saturated carbocycles. The molecule has 8 nitrogen and oxygen atoms in total. The van der Waals surface area contributed by atoms with Gasteiger partial charge in [-0.05, 0) is 37.8 Å². The van der Waals surface area contributed by atoms with Crippen LogP contribution in [0.25, 0.3) is 0 Å². The molecular formula is C13H18N4O4S. The van der Waals surface area contributed by atoms with E-state index in [0.29, 0.717) is 0 Å². The van der Waals surface area contributed by atoms with Gasteiger partial charge >= 0.3 is 0 Å². The van der Waals surface area contributed by atoms with E-state index in [9.17, 15) is 18.5 Å². The fourth-order valence-electron chi connectivity index (χ4n) is 2.32. The first-order valence-corrected chi connectivity index (χ1v) is 8.55. The van der Waals surface area contributed by atoms with Crippen LogP contribution in [0.4, 0.5) is 11.4 Å². The molecule has 0 unspecified atom stereocenters. The van der Waals surface area contributed by atoms with Crippen LogP contribution in [0.1, 0.15) is 38.5 Å². The van der Waals surface area contributed by atoms with Crippen molar-refractivity contribution in [3.05, 3.63) is 28.3 Å². The molecule has 0 bridgehead atoms. The molecule has 1 aliphatic carbocycles. The highest BCUT2D eigenvalue weighted by molar-refractivity contribution is 7.89. The summed E-state index contributed by atoms with van der Waals surface area (Å²) in [6.07, 6.45) is 6.20. The third-order valence-electron chi connectivity index (χ3n) is 3.51. The van der Waals surface area contributed by atoms with E-state index in [1.54, 1.807) is 0 Å². The quantitative estimate of drug-likeness (QED) is 0.498. The molecule has 0 aromatic heterocycles. The number of benzene rings is 1. The monoisotopic (exact) mass is 326 g/mol. The molecule has 0 radical (unpaired) electrons. The summed E-state index contributed by atoms with van der Waals surface area (Å²) in [7, 11) is -3.98. The molecule has 0 aliphatic heterocycles. The van der Waals surface area contributed by atoms with Crippen LogP contribution in [0.5, 0.6) is 0 Å². The molecule has 2 rings (SSSR count). The molecule has 0 atom stereocenters. The molecule has 1 aromatic carbocycles. The van der Waals surface area contributed by atoms with E-state index in [0.717, 1.165) is 37.5 Å². The summed E-state index contributed by atoms with van der Waals surface area (Å²) in [6.45, 7) is 0. The number of nitro benzene ring substituents is 1. The topological polar surface area (TPSA) is 128 Å². The number of anilines is 1. The van der Waals surface area contributed by atoms with Crippen LogP contribution >= 0.6 is 0 Å². The summed E-state index contributed by atoms with van der Waals surface area (Å²) in [5.74, 6) is 0. The molecular weight excluding hydrogens is 308 g/mol. The van der Waals surface area contributed by atoms with E-state index >= 15 is 0 Å². The molecule has 22 heavy (non-hydrogen) atoms. The van der Waals surface area contributed by atoms with Crippen LogP contribution in [0.15, 0.2) is 28.2 Å². The Morgan fingerprint density at radius 2 is 1.82 bits per heavy atom. The smallest absolute Gasteiger partial charge is 0.272 e. The average molecular weight is 326 g/mol. The van der Waals surface area contributed by atoms with Gasteiger partial charge in [0.15, 0.2) is 0 Å². The molecule has 0 amide bonds. The highest BCUT2D eigenvalue weighted by Crippen LogP contribution is 2.27. The fraction of sp³-hybridized carbons (Fsp3) is 0.462. The predicted molar refractivity (Wildman–Crippen MR) is 83.2 cm³/mol. The first kappa shape index (κ1) is 16.4. The maximum Gasteiger partial charge on any atom is 0.295 e. The van der Waals surface area contributed by atoms with Crippen LogP contribution in [0.2, 0.25) is 0 Å². The number of sulfonamides is 1. The first-order chi connectivity index (χ1) is 10.4. The number of nitrogens with one attached hydrogen (secondary N) is 1. The van der Waals surface area contributed by atoms with Crippen molar-refractivity contribution in [1.29, 1.82) is 0 Å². The Bertz CT molecular complexity index is 690. The number of nitrogens with zero attached hydrogens (tertiary/aromatic N) is 2. The van der Waals surface area contributed by atoms with E-state index in [1.807, 2.05) is 0 Å². The highest BCUT2D eigenvalue weighted by Gasteiger charge is 2.19. The van der Waals surface area contributed by atoms with Gasteiger partial charge < -0.3 is 0 Å². The molecule has 9 heteroatoms. The van der Waals surface area contributed by atoms with Crippen LogP contribution in [0, 0.1) is 10.1 Å². The lowest BCUT2D eigenvalue weighted by Crippen LogP contribution is -2.12. The summed E-state index contributed by atoms with van der Waals surface area (Å²) < 4.78 is 22.5. The van der Waals surface area contributed by atoms with Crippen LogP contribution in [-0.4, -0.2) is 19.1 Å². The van der Waals surface area contributed by atoms with Crippen LogP contribution in [-0.2, 0) is 10.0 Å². The number of hydrazone groups is 1. The molecule has 0 saturated heterocycles. The molecule has 1 aliphatic rings. The lowest BCUT2D eigenvalue weighted by molar-refractivity contribution is -0.384. The Morgan fingerprint density at radius 3 is 2.36 bits per heavy atom. The van der Waals surface area contributed by atoms with Gasteiger partial charge in [0, 0.05) is 11.8 Å². The second kappa shape index (κ2) is 6.84. The first-order valence-electron chi connectivity index (χ1n) is 7.00. The Kier molecular flexibility index (Phi) is 5.09. The second-order valence-corrected chi connectivity index (χ2v) is 6.75. The van der Waals surface area contributed by atoms with Crippen LogP contribution in [0.3, 0.4) is 0 Å². The van der Waals surface area contributed by atoms with Crippen molar-refractivity contribution >= 4 is 27.1 Å². The number of nitrogens with two attached hydrogens (primary N) is 1. The number of hydrogen-bond acceptors (Lipinski definition) is 6. The Balaban J connectivity index is 2.26. The lowest BCUT2D eigenvalue weighted by atomic mass is 10.2. The zero-order valence-electron chi connectivity index (χ0n) is 12.0. The largest absolute Gasteiger partial charge is 0.295 e. The van der Waals surface area contributed by atoms with Gasteiger partial charge in [-0.25, -0.2) is 13.6 Å². The van der Waals surface area contributed by atoms with E-state index in [1.165, 1.54) is 25.0 Å². The summed E-state index contributed by atoms with van der Waals surface area (Å²) >= 11 is 0. The number of hydrogen-bond donors (Lipinski definition) is 2. The zero-order chi connectivity index (χ0) is 16.2. The van der Waals surface area contributed by atoms with Gasteiger partial charge in [0.1, 0.15) is 5.69 Å². The zero-order valence-corrected chi connectivity index (χ0v) is 12.8. The summed E-state index contributed by atoms with van der Waals surface area (Å²) in [6, 6.07) is 3.46. The normalized spacial score (nSPS) is 16.0. The number of nitro groups is 1. The number of rotatable bonds is 4. The van der Waals surface area contributed by atoms with Crippen LogP contribution < -0.4 is 10.6 Å². The summed E-state index contributed by atoms with van der Waals surface area (Å²) in [4.78, 5) is 10.1. The standard InChI is InChI=1S/C13H18N4O4S/c14-22(20,21)11-7-8-12(13(9-11)17(18)19)16-15-10-5-3-1-2-4-6-10/h7-9,16H,1-6H2,(H2,14,20,21). The SMILES string of the molecule is NS(=O)(=O)c1ccc(NN=C2CCCCCC2)c([N+](=O)[O-])c1. The fourth-order valence-corrected chi connectivity index (χ4v) is 2.86. The lowest BCUT2D eigenvalue weighted by Gasteiger charge is -2.06. The van der Waals surface area contributed by atoms with Crippen molar-refractivity contribution in [2.75, 3.05) is 5.43 Å². The van der Waals surface area contributed by atoms with E-state index in [4.69, 9.17) is 5.14 Å².